The van der Waals surface area contributed by atoms with Crippen LogP contribution in [0.4, 0.5) is 11.4 Å². The molecule has 0 radical (unpaired) electrons. The number of amides is 1. The summed E-state index contributed by atoms with van der Waals surface area (Å²) in [6.07, 6.45) is 1.69. The van der Waals surface area contributed by atoms with Gasteiger partial charge in [0.2, 0.25) is 0 Å². The second-order valence-electron chi connectivity index (χ2n) is 3.82. The maximum Gasteiger partial charge on any atom is 0.251 e. The van der Waals surface area contributed by atoms with Crippen molar-refractivity contribution >= 4 is 17.3 Å². The lowest BCUT2D eigenvalue weighted by Crippen LogP contribution is -2.18. The lowest BCUT2D eigenvalue weighted by atomic mass is 10.1. The van der Waals surface area contributed by atoms with Gasteiger partial charge in [-0.15, -0.1) is 0 Å². The molecule has 6 heteroatoms. The lowest BCUT2D eigenvalue weighted by molar-refractivity contribution is 0.0963. The Morgan fingerprint density at radius 3 is 2.89 bits per heavy atom. The van der Waals surface area contributed by atoms with E-state index >= 15 is 0 Å². The molecule has 18 heavy (non-hydrogen) atoms. The van der Waals surface area contributed by atoms with E-state index in [1.807, 2.05) is 6.07 Å². The number of aromatic nitrogens is 2. The summed E-state index contributed by atoms with van der Waals surface area (Å²) in [6.45, 7) is 0.601. The van der Waals surface area contributed by atoms with E-state index < -0.39 is 0 Å². The van der Waals surface area contributed by atoms with Crippen LogP contribution in [0.3, 0.4) is 0 Å². The Labute approximate surface area is 105 Å². The van der Waals surface area contributed by atoms with E-state index in [4.69, 9.17) is 5.73 Å². The van der Waals surface area contributed by atoms with Gasteiger partial charge in [-0.2, -0.15) is 5.10 Å². The van der Waals surface area contributed by atoms with Crippen molar-refractivity contribution in [1.29, 1.82) is 0 Å². The fourth-order valence-corrected chi connectivity index (χ4v) is 1.58. The van der Waals surface area contributed by atoms with Crippen molar-refractivity contribution in [3.8, 4) is 0 Å². The minimum Gasteiger partial charge on any atom is -0.397 e. The molecule has 0 aliphatic heterocycles. The molecule has 1 aromatic carbocycles. The highest BCUT2D eigenvalue weighted by molar-refractivity contribution is 5.95. The van der Waals surface area contributed by atoms with Gasteiger partial charge in [-0.05, 0) is 24.3 Å². The zero-order valence-corrected chi connectivity index (χ0v) is 10.0. The van der Waals surface area contributed by atoms with Gasteiger partial charge in [0.25, 0.3) is 5.91 Å². The van der Waals surface area contributed by atoms with Crippen molar-refractivity contribution in [3.63, 3.8) is 0 Å². The number of carbonyl (C=O) groups is 1. The Morgan fingerprint density at radius 1 is 1.44 bits per heavy atom. The number of aromatic amines is 1. The van der Waals surface area contributed by atoms with E-state index in [1.54, 1.807) is 31.4 Å². The number of nitrogens with zero attached hydrogens (tertiary/aromatic N) is 1. The standard InChI is InChI=1S/C12H15N5O/c1-14-12(18)8-2-3-11(10(13)6-8)15-7-9-4-5-16-17-9/h2-6,15H,7,13H2,1H3,(H,14,18)(H,16,17). The molecule has 0 bridgehead atoms. The van der Waals surface area contributed by atoms with Crippen molar-refractivity contribution < 1.29 is 4.79 Å². The fourth-order valence-electron chi connectivity index (χ4n) is 1.58. The number of carbonyl (C=O) groups excluding carboxylic acids is 1. The third kappa shape index (κ3) is 2.60. The molecule has 0 unspecified atom stereocenters. The molecule has 2 rings (SSSR count). The molecule has 94 valence electrons. The maximum absolute atomic E-state index is 11.4. The Bertz CT molecular complexity index is 535. The minimum absolute atomic E-state index is 0.151. The van der Waals surface area contributed by atoms with Gasteiger partial charge in [0.15, 0.2) is 0 Å². The highest BCUT2D eigenvalue weighted by atomic mass is 16.1. The van der Waals surface area contributed by atoms with Gasteiger partial charge in [-0.25, -0.2) is 0 Å². The molecule has 0 fully saturated rings. The van der Waals surface area contributed by atoms with Crippen LogP contribution in [-0.4, -0.2) is 23.2 Å². The molecule has 0 atom stereocenters. The summed E-state index contributed by atoms with van der Waals surface area (Å²) in [6, 6.07) is 7.04. The first kappa shape index (κ1) is 12.0. The van der Waals surface area contributed by atoms with E-state index in [0.29, 0.717) is 17.8 Å². The van der Waals surface area contributed by atoms with E-state index in [9.17, 15) is 4.79 Å². The molecule has 1 aromatic heterocycles. The third-order valence-electron chi connectivity index (χ3n) is 2.57. The number of hydrogen-bond donors (Lipinski definition) is 4. The Hall–Kier alpha value is -2.50. The largest absolute Gasteiger partial charge is 0.397 e. The van der Waals surface area contributed by atoms with E-state index in [1.165, 1.54) is 0 Å². The van der Waals surface area contributed by atoms with Crippen molar-refractivity contribution in [2.45, 2.75) is 6.54 Å². The quantitative estimate of drug-likeness (QED) is 0.603. The van der Waals surface area contributed by atoms with Gasteiger partial charge in [-0.3, -0.25) is 9.89 Å². The zero-order chi connectivity index (χ0) is 13.0. The first-order chi connectivity index (χ1) is 8.70. The Kier molecular flexibility index (Phi) is 3.47. The van der Waals surface area contributed by atoms with Gasteiger partial charge in [0.1, 0.15) is 0 Å². The van der Waals surface area contributed by atoms with Gasteiger partial charge in [-0.1, -0.05) is 0 Å². The topological polar surface area (TPSA) is 95.8 Å². The van der Waals surface area contributed by atoms with Crippen LogP contribution in [0, 0.1) is 0 Å². The lowest BCUT2D eigenvalue weighted by Gasteiger charge is -2.09. The minimum atomic E-state index is -0.151. The molecular formula is C12H15N5O. The zero-order valence-electron chi connectivity index (χ0n) is 10.0. The average molecular weight is 245 g/mol. The van der Waals surface area contributed by atoms with Crippen LogP contribution in [0.5, 0.6) is 0 Å². The summed E-state index contributed by atoms with van der Waals surface area (Å²) >= 11 is 0. The highest BCUT2D eigenvalue weighted by Gasteiger charge is 2.06. The van der Waals surface area contributed by atoms with Gasteiger partial charge in [0, 0.05) is 18.8 Å². The number of anilines is 2. The van der Waals surface area contributed by atoms with Crippen LogP contribution in [0.25, 0.3) is 0 Å². The number of H-pyrrole nitrogens is 1. The molecule has 1 amide bonds. The summed E-state index contributed by atoms with van der Waals surface area (Å²) in [5, 5.41) is 12.4. The van der Waals surface area contributed by atoms with Gasteiger partial charge in [0.05, 0.1) is 23.6 Å². The Morgan fingerprint density at radius 2 is 2.28 bits per heavy atom. The summed E-state index contributed by atoms with van der Waals surface area (Å²) in [7, 11) is 1.59. The molecule has 2 aromatic rings. The van der Waals surface area contributed by atoms with Crippen LogP contribution < -0.4 is 16.4 Å². The van der Waals surface area contributed by atoms with Crippen LogP contribution >= 0.6 is 0 Å². The first-order valence-electron chi connectivity index (χ1n) is 5.54. The molecule has 0 aliphatic rings. The van der Waals surface area contributed by atoms with Gasteiger partial charge >= 0.3 is 0 Å². The van der Waals surface area contributed by atoms with Crippen LogP contribution in [0.2, 0.25) is 0 Å². The molecule has 5 N–H and O–H groups in total. The SMILES string of the molecule is CNC(=O)c1ccc(NCc2ccn[nH]2)c(N)c1. The normalized spacial score (nSPS) is 10.1. The molecule has 6 nitrogen and oxygen atoms in total. The smallest absolute Gasteiger partial charge is 0.251 e. The van der Waals surface area contributed by atoms with Crippen molar-refractivity contribution in [2.24, 2.45) is 0 Å². The first-order valence-corrected chi connectivity index (χ1v) is 5.54. The molecule has 0 saturated heterocycles. The fraction of sp³-hybridized carbons (Fsp3) is 0.167. The number of rotatable bonds is 4. The third-order valence-corrected chi connectivity index (χ3v) is 2.57. The second-order valence-corrected chi connectivity index (χ2v) is 3.82. The maximum atomic E-state index is 11.4. The predicted octanol–water partition coefficient (Wildman–Crippen LogP) is 0.964. The second kappa shape index (κ2) is 5.22. The molecule has 0 saturated carbocycles. The average Bonchev–Trinajstić information content (AvgIpc) is 2.89. The summed E-state index contributed by atoms with van der Waals surface area (Å²) in [5.74, 6) is -0.151. The van der Waals surface area contributed by atoms with E-state index in [-0.39, 0.29) is 5.91 Å². The Balaban J connectivity index is 2.08. The van der Waals surface area contributed by atoms with E-state index in [0.717, 1.165) is 11.4 Å². The number of nitrogens with one attached hydrogen (secondary N) is 3. The monoisotopic (exact) mass is 245 g/mol. The van der Waals surface area contributed by atoms with Crippen molar-refractivity contribution in [3.05, 3.63) is 41.7 Å². The van der Waals surface area contributed by atoms with Crippen LogP contribution in [-0.2, 0) is 6.54 Å². The van der Waals surface area contributed by atoms with E-state index in [2.05, 4.69) is 20.8 Å². The number of nitrogens with two attached hydrogens (primary N) is 1. The summed E-state index contributed by atoms with van der Waals surface area (Å²) < 4.78 is 0. The molecular weight excluding hydrogens is 230 g/mol. The van der Waals surface area contributed by atoms with Crippen molar-refractivity contribution in [1.82, 2.24) is 15.5 Å². The van der Waals surface area contributed by atoms with Crippen LogP contribution in [0.15, 0.2) is 30.5 Å². The van der Waals surface area contributed by atoms with Crippen molar-refractivity contribution in [2.75, 3.05) is 18.1 Å². The van der Waals surface area contributed by atoms with Gasteiger partial charge < -0.3 is 16.4 Å². The predicted molar refractivity (Wildman–Crippen MR) is 70.2 cm³/mol. The van der Waals surface area contributed by atoms with Crippen LogP contribution in [0.1, 0.15) is 16.1 Å². The number of nitrogen functional groups attached to an aromatic ring is 1. The summed E-state index contributed by atoms with van der Waals surface area (Å²) in [4.78, 5) is 11.4. The molecule has 1 heterocycles. The molecule has 0 aliphatic carbocycles. The number of benzene rings is 1. The highest BCUT2D eigenvalue weighted by Crippen LogP contribution is 2.20. The molecule has 0 spiro atoms. The summed E-state index contributed by atoms with van der Waals surface area (Å²) in [5.41, 5.74) is 8.72. The number of hydrogen-bond acceptors (Lipinski definition) is 4.